The summed E-state index contributed by atoms with van der Waals surface area (Å²) in [5.41, 5.74) is -0.132. The Bertz CT molecular complexity index is 425. The number of benzene rings is 1. The molecule has 0 aliphatic heterocycles. The smallest absolute Gasteiger partial charge is 0.238 e. The number of nitrogens with one attached hydrogen (secondary N) is 2. The highest BCUT2D eigenvalue weighted by molar-refractivity contribution is 5.92. The molecule has 0 heterocycles. The summed E-state index contributed by atoms with van der Waals surface area (Å²) in [5, 5.41) is 4.98. The van der Waals surface area contributed by atoms with Crippen LogP contribution in [0.2, 0.25) is 0 Å². The summed E-state index contributed by atoms with van der Waals surface area (Å²) in [6.07, 6.45) is 0. The third-order valence-corrected chi connectivity index (χ3v) is 2.32. The van der Waals surface area contributed by atoms with Crippen LogP contribution >= 0.6 is 0 Å². The highest BCUT2D eigenvalue weighted by Crippen LogP contribution is 2.21. The van der Waals surface area contributed by atoms with Gasteiger partial charge in [0, 0.05) is 13.7 Å². The fraction of sp³-hybridized carbons (Fsp3) is 0.417. The zero-order valence-electron chi connectivity index (χ0n) is 10.3. The van der Waals surface area contributed by atoms with Gasteiger partial charge >= 0.3 is 0 Å². The molecule has 18 heavy (non-hydrogen) atoms. The summed E-state index contributed by atoms with van der Waals surface area (Å²) in [4.78, 5) is 11.4. The number of hydrogen-bond donors (Lipinski definition) is 2. The van der Waals surface area contributed by atoms with Crippen LogP contribution < -0.4 is 10.6 Å². The summed E-state index contributed by atoms with van der Waals surface area (Å²) < 4.78 is 31.7. The minimum Gasteiger partial charge on any atom is -0.383 e. The van der Waals surface area contributed by atoms with Crippen LogP contribution in [-0.4, -0.2) is 32.7 Å². The van der Waals surface area contributed by atoms with E-state index >= 15 is 0 Å². The van der Waals surface area contributed by atoms with Crippen molar-refractivity contribution in [3.63, 3.8) is 0 Å². The molecule has 1 aromatic rings. The molecule has 2 N–H and O–H groups in total. The Kier molecular flexibility index (Phi) is 5.67. The van der Waals surface area contributed by atoms with E-state index in [2.05, 4.69) is 10.6 Å². The first kappa shape index (κ1) is 14.5. The third-order valence-electron chi connectivity index (χ3n) is 2.32. The fourth-order valence-electron chi connectivity index (χ4n) is 1.33. The summed E-state index contributed by atoms with van der Waals surface area (Å²) >= 11 is 0. The monoisotopic (exact) mass is 258 g/mol. The molecule has 100 valence electrons. The molecule has 0 aliphatic carbocycles. The van der Waals surface area contributed by atoms with Gasteiger partial charge in [-0.25, -0.2) is 8.78 Å². The second-order valence-electron chi connectivity index (χ2n) is 3.77. The van der Waals surface area contributed by atoms with Crippen molar-refractivity contribution in [2.45, 2.75) is 6.92 Å². The topological polar surface area (TPSA) is 50.4 Å². The van der Waals surface area contributed by atoms with E-state index in [9.17, 15) is 13.6 Å². The Hall–Kier alpha value is -1.53. The van der Waals surface area contributed by atoms with Crippen molar-refractivity contribution in [2.24, 2.45) is 0 Å². The maximum Gasteiger partial charge on any atom is 0.238 e. The van der Waals surface area contributed by atoms with Crippen LogP contribution in [0.4, 0.5) is 14.5 Å². The first-order chi connectivity index (χ1) is 8.56. The molecule has 6 heteroatoms. The zero-order chi connectivity index (χ0) is 13.5. The highest BCUT2D eigenvalue weighted by atomic mass is 19.1. The normalized spacial score (nSPS) is 10.4. The number of rotatable bonds is 6. The maximum absolute atomic E-state index is 13.6. The van der Waals surface area contributed by atoms with Crippen molar-refractivity contribution in [3.05, 3.63) is 29.3 Å². The number of carbonyl (C=O) groups is 1. The number of aryl methyl sites for hydroxylation is 1. The van der Waals surface area contributed by atoms with Crippen molar-refractivity contribution in [1.82, 2.24) is 5.32 Å². The van der Waals surface area contributed by atoms with E-state index in [1.54, 1.807) is 7.11 Å². The molecule has 0 bridgehead atoms. The Balaban J connectivity index is 2.57. The van der Waals surface area contributed by atoms with Gasteiger partial charge in [0.15, 0.2) is 5.82 Å². The van der Waals surface area contributed by atoms with Crippen LogP contribution in [0.25, 0.3) is 0 Å². The van der Waals surface area contributed by atoms with Crippen LogP contribution in [-0.2, 0) is 9.53 Å². The van der Waals surface area contributed by atoms with Crippen molar-refractivity contribution < 1.29 is 18.3 Å². The maximum atomic E-state index is 13.6. The lowest BCUT2D eigenvalue weighted by atomic mass is 10.2. The predicted molar refractivity (Wildman–Crippen MR) is 64.5 cm³/mol. The molecular formula is C12H16F2N2O2. The summed E-state index contributed by atoms with van der Waals surface area (Å²) in [7, 11) is 1.54. The van der Waals surface area contributed by atoms with Crippen LogP contribution in [0.1, 0.15) is 5.56 Å². The van der Waals surface area contributed by atoms with Gasteiger partial charge in [0.1, 0.15) is 11.5 Å². The molecule has 0 aromatic heterocycles. The summed E-state index contributed by atoms with van der Waals surface area (Å²) in [6.45, 7) is 2.42. The van der Waals surface area contributed by atoms with Gasteiger partial charge in [0.2, 0.25) is 5.91 Å². The van der Waals surface area contributed by atoms with Gasteiger partial charge in [-0.15, -0.1) is 0 Å². The largest absolute Gasteiger partial charge is 0.383 e. The van der Waals surface area contributed by atoms with Gasteiger partial charge in [0.25, 0.3) is 0 Å². The Labute approximate surface area is 104 Å². The van der Waals surface area contributed by atoms with E-state index in [1.165, 1.54) is 13.0 Å². The number of halogens is 2. The summed E-state index contributed by atoms with van der Waals surface area (Å²) in [5.74, 6) is -2.04. The van der Waals surface area contributed by atoms with Gasteiger partial charge < -0.3 is 15.4 Å². The third kappa shape index (κ3) is 4.05. The SMILES string of the molecule is COCCNCC(=O)Nc1c(F)ccc(C)c1F. The molecular weight excluding hydrogens is 242 g/mol. The van der Waals surface area contributed by atoms with E-state index in [4.69, 9.17) is 4.74 Å². The lowest BCUT2D eigenvalue weighted by Crippen LogP contribution is -2.30. The van der Waals surface area contributed by atoms with E-state index in [0.717, 1.165) is 6.07 Å². The quantitative estimate of drug-likeness (QED) is 0.759. The molecule has 0 saturated heterocycles. The number of carbonyl (C=O) groups excluding carboxylic acids is 1. The minimum absolute atomic E-state index is 0.0316. The van der Waals surface area contributed by atoms with Gasteiger partial charge in [-0.3, -0.25) is 4.79 Å². The zero-order valence-corrected chi connectivity index (χ0v) is 10.3. The molecule has 1 aromatic carbocycles. The number of amides is 1. The van der Waals surface area contributed by atoms with E-state index in [0.29, 0.717) is 13.2 Å². The summed E-state index contributed by atoms with van der Waals surface area (Å²) in [6, 6.07) is 2.43. The molecule has 0 aliphatic rings. The molecule has 0 atom stereocenters. The molecule has 0 fully saturated rings. The molecule has 0 saturated carbocycles. The Morgan fingerprint density at radius 2 is 2.11 bits per heavy atom. The minimum atomic E-state index is -0.789. The lowest BCUT2D eigenvalue weighted by Gasteiger charge is -2.09. The number of hydrogen-bond acceptors (Lipinski definition) is 3. The van der Waals surface area contributed by atoms with E-state index in [1.807, 2.05) is 0 Å². The molecule has 0 radical (unpaired) electrons. The number of anilines is 1. The molecule has 1 amide bonds. The molecule has 0 spiro atoms. The van der Waals surface area contributed by atoms with Crippen LogP contribution in [0.15, 0.2) is 12.1 Å². The van der Waals surface area contributed by atoms with Gasteiger partial charge in [-0.2, -0.15) is 0 Å². The predicted octanol–water partition coefficient (Wildman–Crippen LogP) is 1.45. The van der Waals surface area contributed by atoms with Crippen LogP contribution in [0.5, 0.6) is 0 Å². The number of ether oxygens (including phenoxy) is 1. The Morgan fingerprint density at radius 1 is 1.39 bits per heavy atom. The fourth-order valence-corrected chi connectivity index (χ4v) is 1.33. The first-order valence-corrected chi connectivity index (χ1v) is 5.50. The Morgan fingerprint density at radius 3 is 2.78 bits per heavy atom. The van der Waals surface area contributed by atoms with Gasteiger partial charge in [-0.05, 0) is 18.6 Å². The van der Waals surface area contributed by atoms with Crippen molar-refractivity contribution in [3.8, 4) is 0 Å². The second-order valence-corrected chi connectivity index (χ2v) is 3.77. The highest BCUT2D eigenvalue weighted by Gasteiger charge is 2.13. The van der Waals surface area contributed by atoms with Crippen molar-refractivity contribution in [2.75, 3.05) is 32.1 Å². The average Bonchev–Trinajstić information content (AvgIpc) is 2.35. The van der Waals surface area contributed by atoms with Crippen LogP contribution in [0, 0.1) is 18.6 Å². The standard InChI is InChI=1S/C12H16F2N2O2/c1-8-3-4-9(13)12(11(8)14)16-10(17)7-15-5-6-18-2/h3-4,15H,5-7H2,1-2H3,(H,16,17). The van der Waals surface area contributed by atoms with Crippen molar-refractivity contribution in [1.29, 1.82) is 0 Å². The van der Waals surface area contributed by atoms with E-state index < -0.39 is 23.2 Å². The first-order valence-electron chi connectivity index (χ1n) is 5.50. The van der Waals surface area contributed by atoms with Crippen LogP contribution in [0.3, 0.4) is 0 Å². The van der Waals surface area contributed by atoms with Gasteiger partial charge in [0.05, 0.1) is 13.2 Å². The lowest BCUT2D eigenvalue weighted by molar-refractivity contribution is -0.115. The molecule has 1 rings (SSSR count). The van der Waals surface area contributed by atoms with E-state index in [-0.39, 0.29) is 12.1 Å². The molecule has 0 unspecified atom stereocenters. The number of methoxy groups -OCH3 is 1. The second kappa shape index (κ2) is 7.03. The average molecular weight is 258 g/mol. The molecule has 4 nitrogen and oxygen atoms in total. The van der Waals surface area contributed by atoms with Gasteiger partial charge in [-0.1, -0.05) is 6.07 Å². The van der Waals surface area contributed by atoms with Crippen molar-refractivity contribution >= 4 is 11.6 Å².